The minimum Gasteiger partial charge on any atom is -0.481 e. The predicted molar refractivity (Wildman–Crippen MR) is 58.1 cm³/mol. The van der Waals surface area contributed by atoms with E-state index in [4.69, 9.17) is 0 Å². The van der Waals surface area contributed by atoms with Crippen molar-refractivity contribution >= 4 is 5.97 Å². The molecule has 0 fully saturated rings. The molecule has 1 aromatic rings. The first kappa shape index (κ1) is 16.9. The molecule has 0 atom stereocenters. The maximum atomic E-state index is 12.9. The molecule has 0 unspecified atom stereocenters. The first-order valence-electron chi connectivity index (χ1n) is 5.36. The number of methoxy groups -OCH3 is 2. The van der Waals surface area contributed by atoms with Crippen molar-refractivity contribution in [2.75, 3.05) is 14.2 Å². The van der Waals surface area contributed by atoms with Crippen molar-refractivity contribution in [3.63, 3.8) is 0 Å². The molecular formula is C11H10F5NO4. The fraction of sp³-hybridized carbons (Fsp3) is 0.455. The van der Waals surface area contributed by atoms with Gasteiger partial charge in [0, 0.05) is 17.2 Å². The van der Waals surface area contributed by atoms with Crippen molar-refractivity contribution in [2.45, 2.75) is 19.2 Å². The molecule has 1 rings (SSSR count). The van der Waals surface area contributed by atoms with Gasteiger partial charge in [0.1, 0.15) is 0 Å². The summed E-state index contributed by atoms with van der Waals surface area (Å²) in [6, 6.07) is 0.402. The van der Waals surface area contributed by atoms with Gasteiger partial charge in [-0.15, -0.1) is 13.2 Å². The molecule has 0 aliphatic rings. The van der Waals surface area contributed by atoms with E-state index in [0.717, 1.165) is 14.2 Å². The topological polar surface area (TPSA) is 57.7 Å². The molecule has 118 valence electrons. The van der Waals surface area contributed by atoms with Crippen LogP contribution in [0.15, 0.2) is 6.07 Å². The third-order valence-electron chi connectivity index (χ3n) is 2.29. The van der Waals surface area contributed by atoms with E-state index in [1.807, 2.05) is 0 Å². The fourth-order valence-electron chi connectivity index (χ4n) is 1.47. The Labute approximate surface area is 115 Å². The number of pyridine rings is 1. The van der Waals surface area contributed by atoms with Gasteiger partial charge < -0.3 is 14.2 Å². The molecule has 0 N–H and O–H groups in total. The Morgan fingerprint density at radius 3 is 2.38 bits per heavy atom. The van der Waals surface area contributed by atoms with Crippen LogP contribution < -0.4 is 9.47 Å². The number of rotatable bonds is 5. The average Bonchev–Trinajstić information content (AvgIpc) is 2.37. The lowest BCUT2D eigenvalue weighted by atomic mass is 10.1. The van der Waals surface area contributed by atoms with E-state index in [0.29, 0.717) is 6.07 Å². The summed E-state index contributed by atoms with van der Waals surface area (Å²) >= 11 is 0. The quantitative estimate of drug-likeness (QED) is 0.617. The SMILES string of the molecule is COC(=O)Cc1c(C(F)F)cc(OC(F)(F)F)nc1OC. The number of hydrogen-bond acceptors (Lipinski definition) is 5. The standard InChI is InChI=1S/C11H10F5NO4/c1-19-8(18)4-6-5(9(12)13)3-7(17-10(6)20-2)21-11(14,15)16/h3,9H,4H2,1-2H3. The van der Waals surface area contributed by atoms with Gasteiger partial charge >= 0.3 is 12.3 Å². The van der Waals surface area contributed by atoms with Gasteiger partial charge in [0.2, 0.25) is 11.8 Å². The van der Waals surface area contributed by atoms with Gasteiger partial charge in [-0.3, -0.25) is 4.79 Å². The maximum absolute atomic E-state index is 12.9. The van der Waals surface area contributed by atoms with Crippen molar-refractivity contribution in [1.82, 2.24) is 4.98 Å². The highest BCUT2D eigenvalue weighted by Crippen LogP contribution is 2.34. The van der Waals surface area contributed by atoms with E-state index < -0.39 is 42.5 Å². The van der Waals surface area contributed by atoms with Crippen molar-refractivity contribution in [3.05, 3.63) is 17.2 Å². The molecule has 0 saturated heterocycles. The Morgan fingerprint density at radius 2 is 1.95 bits per heavy atom. The maximum Gasteiger partial charge on any atom is 0.574 e. The predicted octanol–water partition coefficient (Wildman–Crippen LogP) is 2.64. The van der Waals surface area contributed by atoms with E-state index in [1.165, 1.54) is 0 Å². The Kier molecular flexibility index (Phi) is 5.28. The summed E-state index contributed by atoms with van der Waals surface area (Å²) in [5.74, 6) is -2.55. The van der Waals surface area contributed by atoms with Crippen LogP contribution in [-0.4, -0.2) is 31.5 Å². The summed E-state index contributed by atoms with van der Waals surface area (Å²) < 4.78 is 74.6. The number of halogens is 5. The average molecular weight is 315 g/mol. The molecule has 0 aliphatic carbocycles. The van der Waals surface area contributed by atoms with Crippen LogP contribution in [0.2, 0.25) is 0 Å². The Balaban J connectivity index is 3.32. The van der Waals surface area contributed by atoms with Crippen molar-refractivity contribution in [3.8, 4) is 11.8 Å². The summed E-state index contributed by atoms with van der Waals surface area (Å²) in [7, 11) is 2.04. The van der Waals surface area contributed by atoms with Crippen LogP contribution in [0, 0.1) is 0 Å². The Hall–Kier alpha value is -2.13. The first-order valence-corrected chi connectivity index (χ1v) is 5.36. The number of nitrogens with zero attached hydrogens (tertiary/aromatic N) is 1. The second-order valence-electron chi connectivity index (χ2n) is 3.64. The molecule has 0 aliphatic heterocycles. The number of alkyl halides is 5. The summed E-state index contributed by atoms with van der Waals surface area (Å²) in [5, 5.41) is 0. The third kappa shape index (κ3) is 4.72. The van der Waals surface area contributed by atoms with Crippen LogP contribution >= 0.6 is 0 Å². The van der Waals surface area contributed by atoms with Gasteiger partial charge in [0.05, 0.1) is 20.6 Å². The molecular weight excluding hydrogens is 305 g/mol. The minimum atomic E-state index is -5.10. The number of hydrogen-bond donors (Lipinski definition) is 0. The van der Waals surface area contributed by atoms with Crippen molar-refractivity contribution < 1.29 is 41.0 Å². The van der Waals surface area contributed by atoms with Crippen LogP contribution in [0.1, 0.15) is 17.6 Å². The van der Waals surface area contributed by atoms with Gasteiger partial charge in [-0.1, -0.05) is 0 Å². The van der Waals surface area contributed by atoms with E-state index in [-0.39, 0.29) is 5.56 Å². The summed E-state index contributed by atoms with van der Waals surface area (Å²) in [5.41, 5.74) is -1.22. The Morgan fingerprint density at radius 1 is 1.33 bits per heavy atom. The lowest BCUT2D eigenvalue weighted by Gasteiger charge is -2.15. The second-order valence-corrected chi connectivity index (χ2v) is 3.64. The van der Waals surface area contributed by atoms with Crippen LogP contribution in [0.4, 0.5) is 22.0 Å². The van der Waals surface area contributed by atoms with Crippen LogP contribution in [0.5, 0.6) is 11.8 Å². The monoisotopic (exact) mass is 315 g/mol. The largest absolute Gasteiger partial charge is 0.574 e. The summed E-state index contributed by atoms with van der Waals surface area (Å²) in [6.07, 6.45) is -8.88. The van der Waals surface area contributed by atoms with Crippen molar-refractivity contribution in [2.24, 2.45) is 0 Å². The van der Waals surface area contributed by atoms with Crippen LogP contribution in [0.25, 0.3) is 0 Å². The normalized spacial score (nSPS) is 11.4. The third-order valence-corrected chi connectivity index (χ3v) is 2.29. The number of ether oxygens (including phenoxy) is 3. The molecule has 5 nitrogen and oxygen atoms in total. The second kappa shape index (κ2) is 6.55. The Bertz CT molecular complexity index is 518. The molecule has 1 heterocycles. The summed E-state index contributed by atoms with van der Waals surface area (Å²) in [6.45, 7) is 0. The molecule has 21 heavy (non-hydrogen) atoms. The van der Waals surface area contributed by atoms with E-state index in [1.54, 1.807) is 0 Å². The van der Waals surface area contributed by atoms with E-state index >= 15 is 0 Å². The van der Waals surface area contributed by atoms with Gasteiger partial charge in [-0.2, -0.15) is 4.98 Å². The minimum absolute atomic E-state index is 0.367. The number of aromatic nitrogens is 1. The fourth-order valence-corrected chi connectivity index (χ4v) is 1.47. The van der Waals surface area contributed by atoms with Crippen LogP contribution in [0.3, 0.4) is 0 Å². The highest BCUT2D eigenvalue weighted by atomic mass is 19.4. The van der Waals surface area contributed by atoms with Gasteiger partial charge in [0.25, 0.3) is 6.43 Å². The first-order chi connectivity index (χ1) is 9.67. The van der Waals surface area contributed by atoms with Crippen molar-refractivity contribution in [1.29, 1.82) is 0 Å². The van der Waals surface area contributed by atoms with Crippen LogP contribution in [-0.2, 0) is 16.0 Å². The molecule has 0 bridgehead atoms. The van der Waals surface area contributed by atoms with Gasteiger partial charge in [0.15, 0.2) is 0 Å². The molecule has 1 aromatic heterocycles. The zero-order valence-electron chi connectivity index (χ0n) is 10.8. The zero-order valence-corrected chi connectivity index (χ0v) is 10.8. The number of carbonyl (C=O) groups excluding carboxylic acids is 1. The molecule has 0 saturated carbocycles. The number of carbonyl (C=O) groups is 1. The highest BCUT2D eigenvalue weighted by Gasteiger charge is 2.33. The lowest BCUT2D eigenvalue weighted by molar-refractivity contribution is -0.276. The van der Waals surface area contributed by atoms with Gasteiger partial charge in [-0.05, 0) is 0 Å². The molecule has 0 aromatic carbocycles. The zero-order chi connectivity index (χ0) is 16.2. The highest BCUT2D eigenvalue weighted by molar-refractivity contribution is 5.74. The molecule has 0 amide bonds. The smallest absolute Gasteiger partial charge is 0.481 e. The number of esters is 1. The lowest BCUT2D eigenvalue weighted by Crippen LogP contribution is -2.19. The summed E-state index contributed by atoms with van der Waals surface area (Å²) in [4.78, 5) is 14.5. The molecule has 10 heteroatoms. The molecule has 0 spiro atoms. The molecule has 0 radical (unpaired) electrons. The van der Waals surface area contributed by atoms with E-state index in [9.17, 15) is 26.7 Å². The van der Waals surface area contributed by atoms with E-state index in [2.05, 4.69) is 19.2 Å². The van der Waals surface area contributed by atoms with Gasteiger partial charge in [-0.25, -0.2) is 8.78 Å².